The number of carboxylic acid groups (broad SMARTS) is 2. The van der Waals surface area contributed by atoms with Gasteiger partial charge in [-0.2, -0.15) is 0 Å². The van der Waals surface area contributed by atoms with Crippen molar-refractivity contribution in [2.45, 2.75) is 219 Å². The molecule has 0 atom stereocenters. The normalized spacial score (nSPS) is 9.54. The smallest absolute Gasteiger partial charge is 1.00 e. The maximum absolute atomic E-state index is 10.2. The van der Waals surface area contributed by atoms with Gasteiger partial charge in [-0.3, -0.25) is 0 Å². The number of carboxylic acids is 2. The minimum absolute atomic E-state index is 0. The molecule has 11 heteroatoms. The van der Waals surface area contributed by atoms with Crippen molar-refractivity contribution >= 4 is 18.0 Å². The molecule has 0 saturated carbocycles. The van der Waals surface area contributed by atoms with Gasteiger partial charge < -0.3 is 56.1 Å². The molecule has 0 heterocycles. The fourth-order valence-corrected chi connectivity index (χ4v) is 5.28. The molecule has 0 aromatic carbocycles. The first-order valence-corrected chi connectivity index (χ1v) is 18.7. The summed E-state index contributed by atoms with van der Waals surface area (Å²) in [5.41, 5.74) is 8.50. The molecule has 7 nitrogen and oxygen atoms in total. The zero-order valence-electron chi connectivity index (χ0n) is 31.5. The van der Waals surface area contributed by atoms with E-state index in [2.05, 4.69) is 25.3 Å². The number of primary amides is 2. The minimum Gasteiger partial charge on any atom is -1.00 e. The van der Waals surface area contributed by atoms with Crippen molar-refractivity contribution in [2.75, 3.05) is 0 Å². The van der Waals surface area contributed by atoms with Gasteiger partial charge in [0, 0.05) is 11.9 Å². The van der Waals surface area contributed by atoms with Crippen molar-refractivity contribution in [1.29, 1.82) is 0 Å². The van der Waals surface area contributed by atoms with Crippen LogP contribution in [-0.2, 0) is 48.5 Å². The third kappa shape index (κ3) is 80.6. The summed E-state index contributed by atoms with van der Waals surface area (Å²) in [5.74, 6) is -1.81. The van der Waals surface area contributed by atoms with Crippen LogP contribution in [0.3, 0.4) is 0 Å². The number of carbonyl (C=O) groups is 3. The molecule has 0 radical (unpaired) electrons. The van der Waals surface area contributed by atoms with E-state index in [9.17, 15) is 19.8 Å². The van der Waals surface area contributed by atoms with E-state index < -0.39 is 18.0 Å². The van der Waals surface area contributed by atoms with Gasteiger partial charge >= 0.3 is 45.0 Å². The zero-order valence-corrected chi connectivity index (χ0v) is 38.9. The predicted octanol–water partition coefficient (Wildman–Crippen LogP) is 3.02. The summed E-state index contributed by atoms with van der Waals surface area (Å²) >= 11 is 0. The number of aliphatic carboxylic acids is 2. The number of unbranched alkanes of at least 4 members (excludes halogenated alkanes) is 28. The van der Waals surface area contributed by atoms with Crippen LogP contribution >= 0.6 is 0 Å². The van der Waals surface area contributed by atoms with E-state index in [-0.39, 0.29) is 76.6 Å². The number of hydrogen-bond donors (Lipinski definition) is 2. The van der Waals surface area contributed by atoms with Gasteiger partial charge in [-0.05, 0) is 25.7 Å². The van der Waals surface area contributed by atoms with E-state index >= 15 is 0 Å². The molecule has 0 fully saturated rings. The first-order chi connectivity index (χ1) is 21.3. The van der Waals surface area contributed by atoms with Crippen molar-refractivity contribution in [3.8, 4) is 0 Å². The molecule has 0 aliphatic carbocycles. The van der Waals surface area contributed by atoms with Crippen LogP contribution in [0.25, 0.3) is 0 Å². The largest absolute Gasteiger partial charge is 2.00 e. The van der Waals surface area contributed by atoms with Crippen LogP contribution in [0.2, 0.25) is 0 Å². The van der Waals surface area contributed by atoms with E-state index in [1.165, 1.54) is 167 Å². The second kappa shape index (κ2) is 59.2. The molecule has 0 aliphatic heterocycles. The summed E-state index contributed by atoms with van der Waals surface area (Å²) in [6, 6.07) is -0.833. The average Bonchev–Trinajstić information content (AvgIpc) is 2.97. The molecule has 0 aliphatic rings. The maximum atomic E-state index is 10.2. The van der Waals surface area contributed by atoms with Gasteiger partial charge in [0.2, 0.25) is 0 Å². The Morgan fingerprint density at radius 1 is 0.354 bits per heavy atom. The van der Waals surface area contributed by atoms with Gasteiger partial charge in [0.25, 0.3) is 0 Å². The molecule has 0 spiro atoms. The summed E-state index contributed by atoms with van der Waals surface area (Å²) in [5, 5.41) is 20.4. The Balaban J connectivity index is -0.000000117. The standard InChI is InChI=1S/2C18H36O2.CH4N2O.2ClH.2Zn/c2*1-2-3-4-5-6-7-8-9-10-11-12-13-14-15-16-17-18(19)20;2-1(3)4;;;;/h2*2-17H2,1H3,(H,19,20);(H4,2,3,4);2*1H;;/q;;;;;2*+2/p-4. The first kappa shape index (κ1) is 63.1. The molecule has 0 aromatic heterocycles. The van der Waals surface area contributed by atoms with Crippen LogP contribution in [0.1, 0.15) is 219 Å². The average molecular weight is 829 g/mol. The van der Waals surface area contributed by atoms with Gasteiger partial charge in [-0.25, -0.2) is 4.79 Å². The third-order valence-electron chi connectivity index (χ3n) is 7.97. The summed E-state index contributed by atoms with van der Waals surface area (Å²) in [4.78, 5) is 29.4. The maximum Gasteiger partial charge on any atom is 2.00 e. The Morgan fingerprint density at radius 3 is 0.604 bits per heavy atom. The topological polar surface area (TPSA) is 149 Å². The van der Waals surface area contributed by atoms with Crippen molar-refractivity contribution in [3.05, 3.63) is 0 Å². The number of hydrogen-bond acceptors (Lipinski definition) is 5. The number of urea groups is 1. The fraction of sp³-hybridized carbons (Fsp3) is 0.919. The quantitative estimate of drug-likeness (QED) is 0.0791. The summed E-state index contributed by atoms with van der Waals surface area (Å²) in [6.45, 7) is 4.53. The van der Waals surface area contributed by atoms with E-state index in [1.54, 1.807) is 0 Å². The first-order valence-electron chi connectivity index (χ1n) is 18.7. The molecule has 2 amide bonds. The van der Waals surface area contributed by atoms with Crippen LogP contribution in [-0.4, -0.2) is 18.0 Å². The van der Waals surface area contributed by atoms with Crippen LogP contribution < -0.4 is 46.5 Å². The second-order valence-electron chi connectivity index (χ2n) is 12.5. The van der Waals surface area contributed by atoms with Gasteiger partial charge in [-0.1, -0.05) is 194 Å². The van der Waals surface area contributed by atoms with E-state index in [1.807, 2.05) is 0 Å². The Kier molecular flexibility index (Phi) is 77.8. The van der Waals surface area contributed by atoms with Crippen molar-refractivity contribution < 1.29 is 88.4 Å². The molecule has 0 unspecified atom stereocenters. The fourth-order valence-electron chi connectivity index (χ4n) is 5.28. The Hall–Kier alpha value is 0.0368. The number of halogens is 2. The van der Waals surface area contributed by atoms with Crippen LogP contribution in [0.4, 0.5) is 4.79 Å². The predicted molar refractivity (Wildman–Crippen MR) is 183 cm³/mol. The van der Waals surface area contributed by atoms with Gasteiger partial charge in [-0.15, -0.1) is 0 Å². The SMILES string of the molecule is CCCCCCCCCCCCCCCCCC(=O)[O-].CCCCCCCCCCCCCCCCCC(=O)[O-].NC(N)=O.[Cl-].[Cl-].[Zn+2].[Zn+2]. The molecule has 48 heavy (non-hydrogen) atoms. The van der Waals surface area contributed by atoms with Gasteiger partial charge in [0.05, 0.1) is 0 Å². The number of amides is 2. The summed E-state index contributed by atoms with van der Waals surface area (Å²) < 4.78 is 0. The van der Waals surface area contributed by atoms with Gasteiger partial charge in [0.1, 0.15) is 0 Å². The van der Waals surface area contributed by atoms with E-state index in [0.717, 1.165) is 25.7 Å². The number of carbonyl (C=O) groups excluding carboxylic acids is 3. The Bertz CT molecular complexity index is 562. The number of nitrogens with two attached hydrogens (primary N) is 2. The molecule has 0 aromatic rings. The van der Waals surface area contributed by atoms with Crippen molar-refractivity contribution in [3.63, 3.8) is 0 Å². The van der Waals surface area contributed by atoms with Crippen LogP contribution in [0, 0.1) is 0 Å². The molecule has 0 bridgehead atoms. The van der Waals surface area contributed by atoms with E-state index in [0.29, 0.717) is 0 Å². The van der Waals surface area contributed by atoms with Crippen molar-refractivity contribution in [2.24, 2.45) is 11.5 Å². The molecule has 0 rings (SSSR count). The third-order valence-corrected chi connectivity index (χ3v) is 7.97. The van der Waals surface area contributed by atoms with E-state index in [4.69, 9.17) is 4.79 Å². The molecular formula is C37H74Cl2N2O5Zn2. The number of rotatable bonds is 32. The Morgan fingerprint density at radius 2 is 0.479 bits per heavy atom. The van der Waals surface area contributed by atoms with Crippen LogP contribution in [0.5, 0.6) is 0 Å². The molecular weight excluding hydrogens is 754 g/mol. The Labute approximate surface area is 335 Å². The molecule has 0 saturated heterocycles. The molecule has 4 N–H and O–H groups in total. The summed E-state index contributed by atoms with van der Waals surface area (Å²) in [7, 11) is 0. The van der Waals surface area contributed by atoms with Crippen molar-refractivity contribution in [1.82, 2.24) is 0 Å². The zero-order chi connectivity index (χ0) is 33.4. The summed E-state index contributed by atoms with van der Waals surface area (Å²) in [6.07, 6.45) is 39.7. The minimum atomic E-state index is -0.903. The second-order valence-corrected chi connectivity index (χ2v) is 12.5. The monoisotopic (exact) mass is 824 g/mol. The molecule has 280 valence electrons. The van der Waals surface area contributed by atoms with Crippen LogP contribution in [0.15, 0.2) is 0 Å². The van der Waals surface area contributed by atoms with Gasteiger partial charge in [0.15, 0.2) is 0 Å².